The molecule has 1 aliphatic rings. The largest absolute Gasteiger partial charge is 0.379 e. The molecule has 0 radical (unpaired) electrons. The molecule has 10 heavy (non-hydrogen) atoms. The smallest absolute Gasteiger partial charge is 0.0825 e. The van der Waals surface area contributed by atoms with E-state index in [1.807, 2.05) is 0 Å². The van der Waals surface area contributed by atoms with Crippen molar-refractivity contribution in [3.63, 3.8) is 0 Å². The lowest BCUT2D eigenvalue weighted by Crippen LogP contribution is -2.59. The van der Waals surface area contributed by atoms with Gasteiger partial charge in [-0.05, 0) is 20.8 Å². The topological polar surface area (TPSA) is 12.5 Å². The van der Waals surface area contributed by atoms with Crippen molar-refractivity contribution in [2.45, 2.75) is 32.4 Å². The summed E-state index contributed by atoms with van der Waals surface area (Å²) in [6.45, 7) is 8.90. The van der Waals surface area contributed by atoms with Crippen molar-refractivity contribution in [3.05, 3.63) is 0 Å². The van der Waals surface area contributed by atoms with Gasteiger partial charge in [0.25, 0.3) is 0 Å². The van der Waals surface area contributed by atoms with Gasteiger partial charge in [0, 0.05) is 25.7 Å². The van der Waals surface area contributed by atoms with Crippen molar-refractivity contribution in [3.8, 4) is 0 Å². The predicted octanol–water partition coefficient (Wildman–Crippen LogP) is 1.12. The average molecular weight is 143 g/mol. The first kappa shape index (κ1) is 8.02. The molecule has 0 bridgehead atoms. The molecule has 0 spiro atoms. The molecule has 0 aromatic heterocycles. The van der Waals surface area contributed by atoms with Gasteiger partial charge in [0.05, 0.1) is 6.10 Å². The number of hydrogen-bond donors (Lipinski definition) is 0. The number of hydrogen-bond acceptors (Lipinski definition) is 2. The quantitative estimate of drug-likeness (QED) is 0.545. The van der Waals surface area contributed by atoms with Crippen molar-refractivity contribution in [1.82, 2.24) is 4.90 Å². The van der Waals surface area contributed by atoms with Gasteiger partial charge in [-0.3, -0.25) is 4.90 Å². The first-order valence-corrected chi connectivity index (χ1v) is 3.82. The third kappa shape index (κ3) is 1.50. The minimum atomic E-state index is 0.328. The van der Waals surface area contributed by atoms with Crippen molar-refractivity contribution in [2.24, 2.45) is 0 Å². The second-order valence-electron chi connectivity index (χ2n) is 3.93. The summed E-state index contributed by atoms with van der Waals surface area (Å²) in [6.07, 6.45) is 0.485. The third-order valence-corrected chi connectivity index (χ3v) is 2.13. The van der Waals surface area contributed by atoms with Crippen molar-refractivity contribution >= 4 is 0 Å². The van der Waals surface area contributed by atoms with Gasteiger partial charge in [-0.25, -0.2) is 0 Å². The van der Waals surface area contributed by atoms with Gasteiger partial charge >= 0.3 is 0 Å². The van der Waals surface area contributed by atoms with Gasteiger partial charge in [0.1, 0.15) is 0 Å². The molecule has 1 saturated heterocycles. The van der Waals surface area contributed by atoms with E-state index in [0.717, 1.165) is 13.1 Å². The molecule has 60 valence electrons. The summed E-state index contributed by atoms with van der Waals surface area (Å²) in [5.74, 6) is 0. The predicted molar refractivity (Wildman–Crippen MR) is 42.1 cm³/mol. The molecule has 2 heteroatoms. The maximum Gasteiger partial charge on any atom is 0.0825 e. The van der Waals surface area contributed by atoms with Crippen LogP contribution in [-0.2, 0) is 4.74 Å². The normalized spacial score (nSPS) is 22.8. The van der Waals surface area contributed by atoms with Crippen LogP contribution in [0.5, 0.6) is 0 Å². The zero-order valence-electron chi connectivity index (χ0n) is 7.35. The Morgan fingerprint density at radius 2 is 1.80 bits per heavy atom. The van der Waals surface area contributed by atoms with Crippen LogP contribution >= 0.6 is 0 Å². The lowest BCUT2D eigenvalue weighted by molar-refractivity contribution is -0.0702. The molecule has 1 rings (SSSR count). The molecule has 2 nitrogen and oxygen atoms in total. The van der Waals surface area contributed by atoms with Crippen molar-refractivity contribution < 1.29 is 4.74 Å². The zero-order valence-corrected chi connectivity index (χ0v) is 7.35. The summed E-state index contributed by atoms with van der Waals surface area (Å²) in [6, 6.07) is 0. The Bertz CT molecular complexity index is 111. The van der Waals surface area contributed by atoms with E-state index < -0.39 is 0 Å². The van der Waals surface area contributed by atoms with Crippen LogP contribution < -0.4 is 0 Å². The highest BCUT2D eigenvalue weighted by atomic mass is 16.5. The van der Waals surface area contributed by atoms with E-state index in [4.69, 9.17) is 4.74 Å². The van der Waals surface area contributed by atoms with Crippen LogP contribution in [0.4, 0.5) is 0 Å². The Labute approximate surface area is 63.2 Å². The van der Waals surface area contributed by atoms with E-state index in [0.29, 0.717) is 11.6 Å². The molecule has 0 aromatic carbocycles. The lowest BCUT2D eigenvalue weighted by Gasteiger charge is -2.46. The number of methoxy groups -OCH3 is 1. The molecule has 1 heterocycles. The van der Waals surface area contributed by atoms with Crippen LogP contribution in [0.25, 0.3) is 0 Å². The molecule has 0 atom stereocenters. The Hall–Kier alpha value is -0.0800. The van der Waals surface area contributed by atoms with Gasteiger partial charge < -0.3 is 4.74 Å². The molecule has 1 fully saturated rings. The number of rotatable bonds is 1. The minimum Gasteiger partial charge on any atom is -0.379 e. The number of ether oxygens (including phenoxy) is 1. The third-order valence-electron chi connectivity index (χ3n) is 2.13. The molecule has 0 saturated carbocycles. The summed E-state index contributed by atoms with van der Waals surface area (Å²) in [5, 5.41) is 0. The van der Waals surface area contributed by atoms with Gasteiger partial charge in [0.15, 0.2) is 0 Å². The fraction of sp³-hybridized carbons (Fsp3) is 1.00. The van der Waals surface area contributed by atoms with E-state index in [-0.39, 0.29) is 0 Å². The van der Waals surface area contributed by atoms with Crippen LogP contribution in [0.15, 0.2) is 0 Å². The van der Waals surface area contributed by atoms with Crippen LogP contribution in [0.3, 0.4) is 0 Å². The van der Waals surface area contributed by atoms with E-state index in [1.165, 1.54) is 0 Å². The lowest BCUT2D eigenvalue weighted by atomic mass is 9.99. The first-order chi connectivity index (χ1) is 4.54. The summed E-state index contributed by atoms with van der Waals surface area (Å²) >= 11 is 0. The molecule has 0 N–H and O–H groups in total. The Morgan fingerprint density at radius 3 is 2.10 bits per heavy atom. The van der Waals surface area contributed by atoms with Crippen LogP contribution in [0.2, 0.25) is 0 Å². The Morgan fingerprint density at radius 1 is 1.30 bits per heavy atom. The highest BCUT2D eigenvalue weighted by molar-refractivity contribution is 4.88. The van der Waals surface area contributed by atoms with E-state index in [2.05, 4.69) is 25.7 Å². The van der Waals surface area contributed by atoms with E-state index >= 15 is 0 Å². The molecule has 0 aromatic rings. The highest BCUT2D eigenvalue weighted by Gasteiger charge is 2.33. The molecule has 0 unspecified atom stereocenters. The van der Waals surface area contributed by atoms with Crippen molar-refractivity contribution in [1.29, 1.82) is 0 Å². The van der Waals surface area contributed by atoms with Crippen LogP contribution in [-0.4, -0.2) is 36.7 Å². The van der Waals surface area contributed by atoms with Crippen LogP contribution in [0, 0.1) is 0 Å². The van der Waals surface area contributed by atoms with Gasteiger partial charge in [-0.15, -0.1) is 0 Å². The van der Waals surface area contributed by atoms with Gasteiger partial charge in [-0.2, -0.15) is 0 Å². The molecule has 0 amide bonds. The molecular formula is C8H17NO. The fourth-order valence-corrected chi connectivity index (χ4v) is 1.13. The zero-order chi connectivity index (χ0) is 7.78. The highest BCUT2D eigenvalue weighted by Crippen LogP contribution is 2.21. The van der Waals surface area contributed by atoms with Crippen LogP contribution in [0.1, 0.15) is 20.8 Å². The minimum absolute atomic E-state index is 0.328. The monoisotopic (exact) mass is 143 g/mol. The maximum absolute atomic E-state index is 5.17. The summed E-state index contributed by atoms with van der Waals surface area (Å²) in [7, 11) is 1.78. The first-order valence-electron chi connectivity index (χ1n) is 3.82. The molecule has 0 aliphatic carbocycles. The fourth-order valence-electron chi connectivity index (χ4n) is 1.13. The maximum atomic E-state index is 5.17. The number of likely N-dealkylation sites (tertiary alicyclic amines) is 1. The standard InChI is InChI=1S/C8H17NO/c1-8(2,3)9-5-7(6-9)10-4/h7H,5-6H2,1-4H3. The molecule has 1 aliphatic heterocycles. The van der Waals surface area contributed by atoms with Crippen molar-refractivity contribution in [2.75, 3.05) is 20.2 Å². The summed E-state index contributed by atoms with van der Waals surface area (Å²) in [5.41, 5.74) is 0.328. The second-order valence-corrected chi connectivity index (χ2v) is 3.93. The van der Waals surface area contributed by atoms with E-state index in [1.54, 1.807) is 7.11 Å². The second kappa shape index (κ2) is 2.51. The average Bonchev–Trinajstić information content (AvgIpc) is 1.57. The van der Waals surface area contributed by atoms with E-state index in [9.17, 15) is 0 Å². The Kier molecular flexibility index (Phi) is 2.02. The Balaban J connectivity index is 2.26. The van der Waals surface area contributed by atoms with Gasteiger partial charge in [-0.1, -0.05) is 0 Å². The molecular weight excluding hydrogens is 126 g/mol. The summed E-state index contributed by atoms with van der Waals surface area (Å²) < 4.78 is 5.17. The number of nitrogens with zero attached hydrogens (tertiary/aromatic N) is 1. The summed E-state index contributed by atoms with van der Waals surface area (Å²) in [4.78, 5) is 2.42. The SMILES string of the molecule is COC1CN(C(C)(C)C)C1. The van der Waals surface area contributed by atoms with Gasteiger partial charge in [0.2, 0.25) is 0 Å².